The number of nitrogens with one attached hydrogen (secondary N) is 7. The van der Waals surface area contributed by atoms with Crippen LogP contribution in [0.15, 0.2) is 30.3 Å². The Morgan fingerprint density at radius 1 is 0.708 bits per heavy atom. The summed E-state index contributed by atoms with van der Waals surface area (Å²) in [6.45, 7) is 11.1. The smallest absolute Gasteiger partial charge is 0.426 e. The van der Waals surface area contributed by atoms with Crippen molar-refractivity contribution in [1.29, 1.82) is 0 Å². The van der Waals surface area contributed by atoms with E-state index < -0.39 is 119 Å². The van der Waals surface area contributed by atoms with Gasteiger partial charge in [-0.3, -0.25) is 39.0 Å². The van der Waals surface area contributed by atoms with Crippen LogP contribution in [0.2, 0.25) is 0 Å². The molecular formula is C41H63Cl3N8O12S. The Kier molecular flexibility index (Phi) is 26.0. The van der Waals surface area contributed by atoms with E-state index in [2.05, 4.69) is 32.0 Å². The summed E-state index contributed by atoms with van der Waals surface area (Å²) in [5.41, 5.74) is 9.25. The van der Waals surface area contributed by atoms with Crippen molar-refractivity contribution in [1.82, 2.24) is 37.4 Å². The highest BCUT2D eigenvalue weighted by Gasteiger charge is 2.36. The second-order valence-electron chi connectivity index (χ2n) is 16.3. The van der Waals surface area contributed by atoms with Gasteiger partial charge in [0, 0.05) is 6.42 Å². The third kappa shape index (κ3) is 25.5. The fourth-order valence-corrected chi connectivity index (χ4v) is 6.17. The fraction of sp³-hybridized carbons (Fsp3) is 0.634. The van der Waals surface area contributed by atoms with Crippen LogP contribution in [-0.2, 0) is 54.4 Å². The topological polar surface area (TPSA) is 292 Å². The number of alkyl halides is 3. The molecule has 8 amide bonds. The van der Waals surface area contributed by atoms with Gasteiger partial charge in [0.15, 0.2) is 0 Å². The highest BCUT2D eigenvalue weighted by molar-refractivity contribution is 7.98. The predicted octanol–water partition coefficient (Wildman–Crippen LogP) is 3.19. The number of hydrogen-bond donors (Lipinski definition) is 8. The molecule has 0 saturated heterocycles. The number of benzene rings is 1. The number of halogens is 3. The Morgan fingerprint density at radius 2 is 1.28 bits per heavy atom. The SMILES string of the molecule is CC[C@H](C)[C@H](NC(=O)[C@H](CC(=O)OCc1ccccc1)NC(=O)[C@H](CCC(N)=O)NC(=O)[C@H](CC(C)C)NC(=O)OC(C)(C)C)C(=O)N[C@@H](CCSC)C(=O)NNC(=O)OCC(Cl)(Cl)Cl. The molecule has 6 atom stereocenters. The molecule has 65 heavy (non-hydrogen) atoms. The van der Waals surface area contributed by atoms with Gasteiger partial charge in [0.05, 0.1) is 6.42 Å². The third-order valence-corrected chi connectivity index (χ3v) is 9.94. The number of rotatable bonds is 25. The monoisotopic (exact) mass is 996 g/mol. The predicted molar refractivity (Wildman–Crippen MR) is 245 cm³/mol. The molecule has 1 aromatic carbocycles. The lowest BCUT2D eigenvalue weighted by molar-refractivity contribution is -0.148. The first-order valence-corrected chi connectivity index (χ1v) is 23.2. The Balaban J connectivity index is 3.50. The Hall–Kier alpha value is -4.73. The van der Waals surface area contributed by atoms with Crippen LogP contribution in [0.25, 0.3) is 0 Å². The van der Waals surface area contributed by atoms with Crippen molar-refractivity contribution >= 4 is 100 Å². The summed E-state index contributed by atoms with van der Waals surface area (Å²) >= 11 is 18.1. The van der Waals surface area contributed by atoms with Crippen molar-refractivity contribution in [3.05, 3.63) is 35.9 Å². The van der Waals surface area contributed by atoms with E-state index in [1.165, 1.54) is 11.8 Å². The first-order valence-electron chi connectivity index (χ1n) is 20.7. The number of carbonyl (C=O) groups is 9. The zero-order valence-electron chi connectivity index (χ0n) is 37.8. The number of thioether (sulfide) groups is 1. The Morgan fingerprint density at radius 3 is 1.83 bits per heavy atom. The molecule has 20 nitrogen and oxygen atoms in total. The highest BCUT2D eigenvalue weighted by atomic mass is 35.6. The van der Waals surface area contributed by atoms with E-state index in [0.29, 0.717) is 17.7 Å². The number of carbonyl (C=O) groups excluding carboxylic acids is 9. The zero-order valence-corrected chi connectivity index (χ0v) is 40.9. The number of esters is 1. The van der Waals surface area contributed by atoms with Gasteiger partial charge in [-0.15, -0.1) is 0 Å². The maximum absolute atomic E-state index is 14.2. The minimum atomic E-state index is -1.92. The molecule has 24 heteroatoms. The first kappa shape index (κ1) is 58.3. The van der Waals surface area contributed by atoms with Gasteiger partial charge in [-0.1, -0.05) is 99.3 Å². The van der Waals surface area contributed by atoms with Crippen molar-refractivity contribution in [2.75, 3.05) is 18.6 Å². The number of ether oxygens (including phenoxy) is 3. The molecule has 0 saturated carbocycles. The van der Waals surface area contributed by atoms with Crippen molar-refractivity contribution in [3.8, 4) is 0 Å². The number of hydrazine groups is 1. The minimum Gasteiger partial charge on any atom is -0.461 e. The summed E-state index contributed by atoms with van der Waals surface area (Å²) in [4.78, 5) is 119. The number of amides is 8. The van der Waals surface area contributed by atoms with Crippen LogP contribution < -0.4 is 43.2 Å². The zero-order chi connectivity index (χ0) is 49.5. The Labute approximate surface area is 398 Å². The molecule has 0 heterocycles. The van der Waals surface area contributed by atoms with Crippen LogP contribution in [0.4, 0.5) is 9.59 Å². The van der Waals surface area contributed by atoms with Gasteiger partial charge < -0.3 is 46.5 Å². The van der Waals surface area contributed by atoms with Gasteiger partial charge in [-0.05, 0) is 69.4 Å². The number of nitrogens with two attached hydrogens (primary N) is 1. The molecule has 0 aliphatic carbocycles. The van der Waals surface area contributed by atoms with Gasteiger partial charge in [0.1, 0.15) is 49.0 Å². The van der Waals surface area contributed by atoms with E-state index in [4.69, 9.17) is 54.7 Å². The normalized spacial score (nSPS) is 14.2. The van der Waals surface area contributed by atoms with Crippen LogP contribution in [0, 0.1) is 11.8 Å². The minimum absolute atomic E-state index is 0.0699. The van der Waals surface area contributed by atoms with Gasteiger partial charge in [-0.25, -0.2) is 15.0 Å². The van der Waals surface area contributed by atoms with E-state index in [1.807, 2.05) is 5.43 Å². The molecule has 0 fully saturated rings. The summed E-state index contributed by atoms with van der Waals surface area (Å²) in [7, 11) is 0. The van der Waals surface area contributed by atoms with Gasteiger partial charge in [0.2, 0.25) is 33.3 Å². The lowest BCUT2D eigenvalue weighted by Crippen LogP contribution is -2.61. The summed E-state index contributed by atoms with van der Waals surface area (Å²) in [6, 6.07) is 1.54. The molecule has 366 valence electrons. The van der Waals surface area contributed by atoms with E-state index >= 15 is 0 Å². The largest absolute Gasteiger partial charge is 0.461 e. The average Bonchev–Trinajstić information content (AvgIpc) is 3.21. The average molecular weight is 998 g/mol. The molecule has 0 aliphatic heterocycles. The van der Waals surface area contributed by atoms with Gasteiger partial charge in [-0.2, -0.15) is 11.8 Å². The van der Waals surface area contributed by atoms with E-state index in [-0.39, 0.29) is 31.8 Å². The summed E-state index contributed by atoms with van der Waals surface area (Å²) in [5, 5.41) is 12.7. The van der Waals surface area contributed by atoms with E-state index in [9.17, 15) is 43.2 Å². The van der Waals surface area contributed by atoms with Crippen LogP contribution in [-0.4, -0.2) is 112 Å². The molecule has 0 bridgehead atoms. The van der Waals surface area contributed by atoms with Crippen LogP contribution in [0.5, 0.6) is 0 Å². The van der Waals surface area contributed by atoms with Crippen molar-refractivity contribution in [3.63, 3.8) is 0 Å². The quantitative estimate of drug-likeness (QED) is 0.0303. The molecule has 0 radical (unpaired) electrons. The molecule has 0 aromatic heterocycles. The maximum Gasteiger partial charge on any atom is 0.426 e. The van der Waals surface area contributed by atoms with Crippen molar-refractivity contribution in [2.45, 2.75) is 133 Å². The molecule has 1 aromatic rings. The number of hydrogen-bond acceptors (Lipinski definition) is 13. The number of alkyl carbamates (subject to hydrolysis) is 1. The maximum atomic E-state index is 14.2. The van der Waals surface area contributed by atoms with Crippen molar-refractivity contribution in [2.24, 2.45) is 17.6 Å². The summed E-state index contributed by atoms with van der Waals surface area (Å²) in [5.74, 6) is -6.65. The third-order valence-electron chi connectivity index (χ3n) is 8.96. The van der Waals surface area contributed by atoms with Crippen LogP contribution >= 0.6 is 46.6 Å². The molecule has 1 rings (SSSR count). The summed E-state index contributed by atoms with van der Waals surface area (Å²) in [6.07, 6.45) is -1.29. The Bertz CT molecular complexity index is 1770. The number of primary amides is 1. The highest BCUT2D eigenvalue weighted by Crippen LogP contribution is 2.25. The van der Waals surface area contributed by atoms with Gasteiger partial charge >= 0.3 is 18.2 Å². The molecule has 0 spiro atoms. The molecule has 0 unspecified atom stereocenters. The first-order chi connectivity index (χ1) is 30.2. The van der Waals surface area contributed by atoms with E-state index in [1.54, 1.807) is 85.1 Å². The van der Waals surface area contributed by atoms with Crippen LogP contribution in [0.1, 0.15) is 92.6 Å². The molecule has 0 aliphatic rings. The van der Waals surface area contributed by atoms with Crippen LogP contribution in [0.3, 0.4) is 0 Å². The fourth-order valence-electron chi connectivity index (χ4n) is 5.53. The van der Waals surface area contributed by atoms with Crippen molar-refractivity contribution < 1.29 is 57.4 Å². The second-order valence-corrected chi connectivity index (χ2v) is 19.8. The van der Waals surface area contributed by atoms with Gasteiger partial charge in [0.25, 0.3) is 5.91 Å². The standard InChI is InChI=1S/C41H63Cl3N8O12S/c1-9-24(4)32(37(59)47-27(17-18-65-8)36(58)51-52-39(61)63-22-41(42,43)44)50-35(57)29(20-31(54)62-21-25-13-11-10-12-14-25)48-33(55)26(15-16-30(45)53)46-34(56)28(19-23(2)3)49-38(60)64-40(5,6)7/h10-14,23-24,26-29,32H,9,15-22H2,1-8H3,(H2,45,53)(H,46,56)(H,47,59)(H,48,55)(H,49,60)(H,50,57)(H,51,58)(H,52,61)/t24-,26-,27-,28-,29-,32-/m0/s1. The lowest BCUT2D eigenvalue weighted by Gasteiger charge is -2.29. The molecule has 9 N–H and O–H groups in total. The summed E-state index contributed by atoms with van der Waals surface area (Å²) < 4.78 is 13.5. The molecular weight excluding hydrogens is 935 g/mol. The van der Waals surface area contributed by atoms with E-state index in [0.717, 1.165) is 0 Å². The second kappa shape index (κ2) is 29.0. The lowest BCUT2D eigenvalue weighted by atomic mass is 9.97.